The van der Waals surface area contributed by atoms with E-state index >= 15 is 0 Å². The average molecular weight is 453 g/mol. The first-order valence-corrected chi connectivity index (χ1v) is 11.6. The molecule has 0 atom stereocenters. The van der Waals surface area contributed by atoms with Gasteiger partial charge in [-0.25, -0.2) is 9.78 Å². The summed E-state index contributed by atoms with van der Waals surface area (Å²) in [6.45, 7) is 2.26. The zero-order chi connectivity index (χ0) is 21.5. The van der Waals surface area contributed by atoms with Gasteiger partial charge in [0.15, 0.2) is 0 Å². The molecule has 0 aliphatic carbocycles. The number of aromatic nitrogens is 4. The minimum Gasteiger partial charge on any atom is -0.462 e. The van der Waals surface area contributed by atoms with Crippen molar-refractivity contribution in [3.8, 4) is 11.4 Å². The van der Waals surface area contributed by atoms with Gasteiger partial charge in [0.05, 0.1) is 22.9 Å². The molecular weight excluding hydrogens is 432 g/mol. The molecule has 7 nitrogen and oxygen atoms in total. The Labute approximate surface area is 187 Å². The highest BCUT2D eigenvalue weighted by Crippen LogP contribution is 2.27. The van der Waals surface area contributed by atoms with E-state index in [0.717, 1.165) is 21.2 Å². The number of benzene rings is 1. The van der Waals surface area contributed by atoms with Crippen molar-refractivity contribution >= 4 is 29.1 Å². The summed E-state index contributed by atoms with van der Waals surface area (Å²) in [6, 6.07) is 11.2. The SMILES string of the molecule is Cc1nc(CSc2ccccc2C(=O)OCCCc2nc(-c3cccnc3)no2)cs1. The van der Waals surface area contributed by atoms with Crippen molar-refractivity contribution in [3.63, 3.8) is 0 Å². The topological polar surface area (TPSA) is 91.0 Å². The summed E-state index contributed by atoms with van der Waals surface area (Å²) in [5.41, 5.74) is 2.38. The predicted octanol–water partition coefficient (Wildman–Crippen LogP) is 4.98. The second kappa shape index (κ2) is 10.3. The molecule has 3 heterocycles. The van der Waals surface area contributed by atoms with Gasteiger partial charge >= 0.3 is 5.97 Å². The molecule has 0 fully saturated rings. The van der Waals surface area contributed by atoms with E-state index in [1.54, 1.807) is 41.6 Å². The maximum Gasteiger partial charge on any atom is 0.339 e. The number of esters is 1. The Bertz CT molecular complexity index is 1140. The van der Waals surface area contributed by atoms with Gasteiger partial charge in [-0.1, -0.05) is 17.3 Å². The van der Waals surface area contributed by atoms with E-state index in [9.17, 15) is 4.79 Å². The van der Waals surface area contributed by atoms with Crippen molar-refractivity contribution in [2.45, 2.75) is 30.4 Å². The first-order chi connectivity index (χ1) is 15.2. The number of carbonyl (C=O) groups excluding carboxylic acids is 1. The lowest BCUT2D eigenvalue weighted by molar-refractivity contribution is 0.0494. The van der Waals surface area contributed by atoms with Gasteiger partial charge in [-0.2, -0.15) is 4.98 Å². The molecule has 0 saturated heterocycles. The third-order valence-corrected chi connectivity index (χ3v) is 6.23. The number of nitrogens with zero attached hydrogens (tertiary/aromatic N) is 4. The molecule has 0 aliphatic rings. The Morgan fingerprint density at radius 2 is 2.10 bits per heavy atom. The number of thioether (sulfide) groups is 1. The van der Waals surface area contributed by atoms with E-state index in [-0.39, 0.29) is 12.6 Å². The molecule has 9 heteroatoms. The molecule has 4 rings (SSSR count). The Morgan fingerprint density at radius 3 is 2.90 bits per heavy atom. The summed E-state index contributed by atoms with van der Waals surface area (Å²) in [4.78, 5) is 26.3. The Kier molecular flexibility index (Phi) is 7.06. The normalized spacial score (nSPS) is 10.9. The first kappa shape index (κ1) is 21.2. The van der Waals surface area contributed by atoms with Crippen LogP contribution in [0.1, 0.15) is 33.4 Å². The van der Waals surface area contributed by atoms with E-state index in [2.05, 4.69) is 20.1 Å². The van der Waals surface area contributed by atoms with Crippen LogP contribution in [-0.2, 0) is 16.9 Å². The van der Waals surface area contributed by atoms with E-state index in [0.29, 0.717) is 35.9 Å². The van der Waals surface area contributed by atoms with Crippen LogP contribution in [-0.4, -0.2) is 32.7 Å². The summed E-state index contributed by atoms with van der Waals surface area (Å²) in [7, 11) is 0. The van der Waals surface area contributed by atoms with E-state index in [1.165, 1.54) is 0 Å². The third-order valence-electron chi connectivity index (χ3n) is 4.31. The van der Waals surface area contributed by atoms with Crippen LogP contribution >= 0.6 is 23.1 Å². The quantitative estimate of drug-likeness (QED) is 0.199. The van der Waals surface area contributed by atoms with Crippen molar-refractivity contribution in [3.05, 3.63) is 76.3 Å². The highest BCUT2D eigenvalue weighted by atomic mass is 32.2. The second-order valence-electron chi connectivity index (χ2n) is 6.64. The van der Waals surface area contributed by atoms with Crippen molar-refractivity contribution < 1.29 is 14.1 Å². The number of hydrogen-bond acceptors (Lipinski definition) is 9. The van der Waals surface area contributed by atoms with Crippen molar-refractivity contribution in [2.24, 2.45) is 0 Å². The van der Waals surface area contributed by atoms with Crippen LogP contribution in [0.5, 0.6) is 0 Å². The van der Waals surface area contributed by atoms with Gasteiger partial charge in [0.2, 0.25) is 11.7 Å². The summed E-state index contributed by atoms with van der Waals surface area (Å²) in [5.74, 6) is 1.38. The third kappa shape index (κ3) is 5.77. The average Bonchev–Trinajstić information content (AvgIpc) is 3.45. The molecule has 4 aromatic rings. The molecule has 0 radical (unpaired) electrons. The van der Waals surface area contributed by atoms with Crippen LogP contribution in [0.15, 0.2) is 63.6 Å². The van der Waals surface area contributed by atoms with Crippen LogP contribution in [0.25, 0.3) is 11.4 Å². The number of pyridine rings is 1. The molecule has 0 spiro atoms. The van der Waals surface area contributed by atoms with Crippen LogP contribution < -0.4 is 0 Å². The fourth-order valence-electron chi connectivity index (χ4n) is 2.82. The second-order valence-corrected chi connectivity index (χ2v) is 8.71. The van der Waals surface area contributed by atoms with Crippen molar-refractivity contribution in [1.82, 2.24) is 20.1 Å². The lowest BCUT2D eigenvalue weighted by Crippen LogP contribution is -2.08. The minimum atomic E-state index is -0.334. The number of aryl methyl sites for hydroxylation is 2. The van der Waals surface area contributed by atoms with Crippen molar-refractivity contribution in [2.75, 3.05) is 6.61 Å². The summed E-state index contributed by atoms with van der Waals surface area (Å²) in [5, 5.41) is 7.05. The Morgan fingerprint density at radius 1 is 1.19 bits per heavy atom. The number of ether oxygens (including phenoxy) is 1. The molecule has 0 saturated carbocycles. The molecular formula is C22H20N4O3S2. The fourth-order valence-corrected chi connectivity index (χ4v) is 4.47. The fraction of sp³-hybridized carbons (Fsp3) is 0.227. The molecule has 0 amide bonds. The smallest absolute Gasteiger partial charge is 0.339 e. The molecule has 158 valence electrons. The zero-order valence-corrected chi connectivity index (χ0v) is 18.5. The van der Waals surface area contributed by atoms with Gasteiger partial charge in [-0.3, -0.25) is 4.98 Å². The molecule has 0 unspecified atom stereocenters. The van der Waals surface area contributed by atoms with Crippen LogP contribution in [0, 0.1) is 6.92 Å². The number of rotatable bonds is 9. The number of carbonyl (C=O) groups is 1. The van der Waals surface area contributed by atoms with Crippen LogP contribution in [0.3, 0.4) is 0 Å². The van der Waals surface area contributed by atoms with Gasteiger partial charge in [0.1, 0.15) is 0 Å². The highest BCUT2D eigenvalue weighted by Gasteiger charge is 2.14. The summed E-state index contributed by atoms with van der Waals surface area (Å²) >= 11 is 3.21. The zero-order valence-electron chi connectivity index (χ0n) is 16.9. The van der Waals surface area contributed by atoms with Gasteiger partial charge in [0, 0.05) is 40.4 Å². The van der Waals surface area contributed by atoms with Crippen LogP contribution in [0.4, 0.5) is 0 Å². The van der Waals surface area contributed by atoms with Gasteiger partial charge < -0.3 is 9.26 Å². The largest absolute Gasteiger partial charge is 0.462 e. The minimum absolute atomic E-state index is 0.272. The summed E-state index contributed by atoms with van der Waals surface area (Å²) in [6.07, 6.45) is 4.49. The lowest BCUT2D eigenvalue weighted by Gasteiger charge is -2.08. The Hall–Kier alpha value is -3.04. The van der Waals surface area contributed by atoms with Gasteiger partial charge in [0.25, 0.3) is 0 Å². The molecule has 0 aliphatic heterocycles. The number of hydrogen-bond donors (Lipinski definition) is 0. The molecule has 3 aromatic heterocycles. The molecule has 0 bridgehead atoms. The standard InChI is InChI=1S/C22H20N4O3S2/c1-15-24-17(13-30-15)14-31-19-8-3-2-7-18(19)22(27)28-11-5-9-20-25-21(26-29-20)16-6-4-10-23-12-16/h2-4,6-8,10,12-13H,5,9,11,14H2,1H3. The lowest BCUT2D eigenvalue weighted by atomic mass is 10.2. The predicted molar refractivity (Wildman–Crippen MR) is 119 cm³/mol. The molecule has 31 heavy (non-hydrogen) atoms. The monoisotopic (exact) mass is 452 g/mol. The highest BCUT2D eigenvalue weighted by molar-refractivity contribution is 7.98. The van der Waals surface area contributed by atoms with Gasteiger partial charge in [-0.15, -0.1) is 23.1 Å². The summed E-state index contributed by atoms with van der Waals surface area (Å²) < 4.78 is 10.7. The van der Waals surface area contributed by atoms with Gasteiger partial charge in [-0.05, 0) is 37.6 Å². The molecule has 1 aromatic carbocycles. The maximum atomic E-state index is 12.6. The van der Waals surface area contributed by atoms with E-state index in [1.807, 2.05) is 42.6 Å². The van der Waals surface area contributed by atoms with Crippen LogP contribution in [0.2, 0.25) is 0 Å². The Balaban J connectivity index is 1.27. The van der Waals surface area contributed by atoms with E-state index < -0.39 is 0 Å². The van der Waals surface area contributed by atoms with Crippen molar-refractivity contribution in [1.29, 1.82) is 0 Å². The van der Waals surface area contributed by atoms with E-state index in [4.69, 9.17) is 9.26 Å². The first-order valence-electron chi connectivity index (χ1n) is 9.72. The molecule has 0 N–H and O–H groups in total. The number of thiazole rings is 1. The maximum absolute atomic E-state index is 12.6.